The molecule has 0 spiro atoms. The number of rotatable bonds is 1. The number of nitrogens with zero attached hydrogens (tertiary/aromatic N) is 4. The number of hydrogen-bond acceptors (Lipinski definition) is 3. The summed E-state index contributed by atoms with van der Waals surface area (Å²) >= 11 is 5.98. The quantitative estimate of drug-likeness (QED) is 0.683. The van der Waals surface area contributed by atoms with Crippen molar-refractivity contribution in [2.45, 2.75) is 6.92 Å². The minimum Gasteiger partial charge on any atom is -0.265 e. The summed E-state index contributed by atoms with van der Waals surface area (Å²) < 4.78 is 2.92. The molecular weight excluding hydrogens is 264 g/mol. The molecule has 5 nitrogen and oxygen atoms in total. The Bertz CT molecular complexity index is 834. The average molecular weight is 275 g/mol. The first kappa shape index (κ1) is 11.9. The minimum absolute atomic E-state index is 0.182. The SMILES string of the molecule is Cc1nn(C)c(=O)c2c1cnn2-c1cccc(Cl)c1. The number of fused-ring (bicyclic) bond motifs is 1. The van der Waals surface area contributed by atoms with E-state index in [4.69, 9.17) is 11.6 Å². The van der Waals surface area contributed by atoms with Gasteiger partial charge < -0.3 is 0 Å². The first-order valence-corrected chi connectivity index (χ1v) is 6.13. The zero-order valence-electron chi connectivity index (χ0n) is 10.5. The minimum atomic E-state index is -0.182. The number of aryl methyl sites for hydroxylation is 2. The van der Waals surface area contributed by atoms with Gasteiger partial charge in [-0.1, -0.05) is 17.7 Å². The molecule has 0 fully saturated rings. The van der Waals surface area contributed by atoms with E-state index in [1.807, 2.05) is 19.1 Å². The molecule has 0 aliphatic rings. The van der Waals surface area contributed by atoms with Crippen molar-refractivity contribution in [3.63, 3.8) is 0 Å². The maximum Gasteiger partial charge on any atom is 0.293 e. The predicted molar refractivity (Wildman–Crippen MR) is 73.9 cm³/mol. The van der Waals surface area contributed by atoms with E-state index in [9.17, 15) is 4.79 Å². The number of hydrogen-bond donors (Lipinski definition) is 0. The molecule has 0 aliphatic carbocycles. The van der Waals surface area contributed by atoms with Crippen LogP contribution < -0.4 is 5.56 Å². The van der Waals surface area contributed by atoms with E-state index in [1.54, 1.807) is 30.1 Å². The maximum absolute atomic E-state index is 12.2. The number of benzene rings is 1. The molecule has 2 heterocycles. The fourth-order valence-corrected chi connectivity index (χ4v) is 2.28. The van der Waals surface area contributed by atoms with Gasteiger partial charge in [0.25, 0.3) is 5.56 Å². The average Bonchev–Trinajstić information content (AvgIpc) is 2.81. The molecule has 0 bridgehead atoms. The largest absolute Gasteiger partial charge is 0.293 e. The Labute approximate surface area is 114 Å². The molecule has 0 saturated heterocycles. The Balaban J connectivity index is 2.41. The van der Waals surface area contributed by atoms with Crippen molar-refractivity contribution >= 4 is 22.5 Å². The van der Waals surface area contributed by atoms with Crippen LogP contribution in [0.4, 0.5) is 0 Å². The van der Waals surface area contributed by atoms with Gasteiger partial charge in [-0.2, -0.15) is 10.2 Å². The summed E-state index contributed by atoms with van der Waals surface area (Å²) in [6.45, 7) is 1.85. The highest BCUT2D eigenvalue weighted by Crippen LogP contribution is 2.19. The van der Waals surface area contributed by atoms with E-state index in [0.717, 1.165) is 16.8 Å². The molecule has 0 amide bonds. The van der Waals surface area contributed by atoms with Gasteiger partial charge in [0.05, 0.1) is 17.6 Å². The van der Waals surface area contributed by atoms with Gasteiger partial charge in [-0.05, 0) is 25.1 Å². The molecule has 1 aromatic carbocycles. The van der Waals surface area contributed by atoms with Crippen molar-refractivity contribution in [3.05, 3.63) is 51.5 Å². The molecule has 0 atom stereocenters. The second-order valence-corrected chi connectivity index (χ2v) is 4.75. The van der Waals surface area contributed by atoms with E-state index in [1.165, 1.54) is 4.68 Å². The molecule has 0 N–H and O–H groups in total. The first-order chi connectivity index (χ1) is 9.08. The zero-order valence-corrected chi connectivity index (χ0v) is 11.2. The smallest absolute Gasteiger partial charge is 0.265 e. The lowest BCUT2D eigenvalue weighted by Gasteiger charge is -2.05. The molecule has 3 rings (SSSR count). The molecule has 6 heteroatoms. The molecule has 0 saturated carbocycles. The summed E-state index contributed by atoms with van der Waals surface area (Å²) in [7, 11) is 1.63. The van der Waals surface area contributed by atoms with Crippen LogP contribution in [0.15, 0.2) is 35.3 Å². The van der Waals surface area contributed by atoms with Crippen molar-refractivity contribution in [3.8, 4) is 5.69 Å². The molecule has 3 aromatic rings. The summed E-state index contributed by atoms with van der Waals surface area (Å²) in [5, 5.41) is 9.78. The third-order valence-electron chi connectivity index (χ3n) is 3.01. The lowest BCUT2D eigenvalue weighted by Crippen LogP contribution is -2.22. The van der Waals surface area contributed by atoms with Gasteiger partial charge in [0, 0.05) is 17.5 Å². The molecule has 0 unspecified atom stereocenters. The Hall–Kier alpha value is -2.14. The van der Waals surface area contributed by atoms with E-state index >= 15 is 0 Å². The van der Waals surface area contributed by atoms with Crippen LogP contribution in [0.1, 0.15) is 5.69 Å². The second-order valence-electron chi connectivity index (χ2n) is 4.31. The number of aromatic nitrogens is 4. The van der Waals surface area contributed by atoms with Crippen LogP contribution in [-0.4, -0.2) is 19.6 Å². The van der Waals surface area contributed by atoms with E-state index in [0.29, 0.717) is 10.5 Å². The van der Waals surface area contributed by atoms with Crippen LogP contribution >= 0.6 is 11.6 Å². The fourth-order valence-electron chi connectivity index (χ4n) is 2.10. The van der Waals surface area contributed by atoms with Crippen molar-refractivity contribution < 1.29 is 0 Å². The summed E-state index contributed by atoms with van der Waals surface area (Å²) in [6, 6.07) is 7.22. The molecular formula is C13H11ClN4O. The van der Waals surface area contributed by atoms with Crippen LogP contribution in [0.3, 0.4) is 0 Å². The van der Waals surface area contributed by atoms with Gasteiger partial charge in [-0.15, -0.1) is 0 Å². The summed E-state index contributed by atoms with van der Waals surface area (Å²) in [5.41, 5.74) is 1.85. The lowest BCUT2D eigenvalue weighted by molar-refractivity contribution is 0.700. The Morgan fingerprint density at radius 1 is 1.32 bits per heavy atom. The van der Waals surface area contributed by atoms with Crippen molar-refractivity contribution in [1.82, 2.24) is 19.6 Å². The van der Waals surface area contributed by atoms with Gasteiger partial charge >= 0.3 is 0 Å². The van der Waals surface area contributed by atoms with E-state index < -0.39 is 0 Å². The third kappa shape index (κ3) is 1.82. The highest BCUT2D eigenvalue weighted by Gasteiger charge is 2.13. The zero-order chi connectivity index (χ0) is 13.6. The summed E-state index contributed by atoms with van der Waals surface area (Å²) in [6.07, 6.45) is 1.65. The van der Waals surface area contributed by atoms with Gasteiger partial charge in [0.2, 0.25) is 0 Å². The monoisotopic (exact) mass is 274 g/mol. The Morgan fingerprint density at radius 2 is 2.11 bits per heavy atom. The molecule has 2 aromatic heterocycles. The van der Waals surface area contributed by atoms with Crippen molar-refractivity contribution in [2.75, 3.05) is 0 Å². The molecule has 0 aliphatic heterocycles. The van der Waals surface area contributed by atoms with E-state index in [2.05, 4.69) is 10.2 Å². The lowest BCUT2D eigenvalue weighted by atomic mass is 10.2. The van der Waals surface area contributed by atoms with Crippen LogP contribution in [0.5, 0.6) is 0 Å². The van der Waals surface area contributed by atoms with Crippen LogP contribution in [0.2, 0.25) is 5.02 Å². The predicted octanol–water partition coefficient (Wildman–Crippen LogP) is 2.08. The topological polar surface area (TPSA) is 52.7 Å². The maximum atomic E-state index is 12.2. The van der Waals surface area contributed by atoms with E-state index in [-0.39, 0.29) is 5.56 Å². The van der Waals surface area contributed by atoms with Crippen LogP contribution in [0.25, 0.3) is 16.6 Å². The standard InChI is InChI=1S/C13H11ClN4O/c1-8-11-7-15-18(10-5-3-4-9(14)6-10)12(11)13(19)17(2)16-8/h3-7H,1-2H3. The Kier molecular flexibility index (Phi) is 2.64. The highest BCUT2D eigenvalue weighted by atomic mass is 35.5. The fraction of sp³-hybridized carbons (Fsp3) is 0.154. The summed E-state index contributed by atoms with van der Waals surface area (Å²) in [4.78, 5) is 12.2. The van der Waals surface area contributed by atoms with Gasteiger partial charge in [0.1, 0.15) is 5.52 Å². The normalized spacial score (nSPS) is 11.1. The highest BCUT2D eigenvalue weighted by molar-refractivity contribution is 6.30. The van der Waals surface area contributed by atoms with Crippen LogP contribution in [-0.2, 0) is 7.05 Å². The van der Waals surface area contributed by atoms with Crippen molar-refractivity contribution in [1.29, 1.82) is 0 Å². The first-order valence-electron chi connectivity index (χ1n) is 5.75. The Morgan fingerprint density at radius 3 is 2.84 bits per heavy atom. The van der Waals surface area contributed by atoms with Crippen molar-refractivity contribution in [2.24, 2.45) is 7.05 Å². The number of halogens is 1. The molecule has 0 radical (unpaired) electrons. The summed E-state index contributed by atoms with van der Waals surface area (Å²) in [5.74, 6) is 0. The van der Waals surface area contributed by atoms with Gasteiger partial charge in [-0.25, -0.2) is 9.36 Å². The molecule has 19 heavy (non-hydrogen) atoms. The second kappa shape index (κ2) is 4.20. The van der Waals surface area contributed by atoms with Crippen LogP contribution in [0, 0.1) is 6.92 Å². The van der Waals surface area contributed by atoms with Gasteiger partial charge in [-0.3, -0.25) is 4.79 Å². The third-order valence-corrected chi connectivity index (χ3v) is 3.24. The molecule has 96 valence electrons. The van der Waals surface area contributed by atoms with Gasteiger partial charge in [0.15, 0.2) is 0 Å².